The van der Waals surface area contributed by atoms with Crippen molar-refractivity contribution < 1.29 is 5.11 Å². The van der Waals surface area contributed by atoms with Crippen LogP contribution in [0.15, 0.2) is 53.7 Å². The lowest BCUT2D eigenvalue weighted by Crippen LogP contribution is -2.53. The number of rotatable bonds is 5. The van der Waals surface area contributed by atoms with Crippen LogP contribution in [0.3, 0.4) is 0 Å². The lowest BCUT2D eigenvalue weighted by atomic mass is 10.0. The molecule has 1 saturated heterocycles. The highest BCUT2D eigenvalue weighted by Crippen LogP contribution is 2.40. The predicted molar refractivity (Wildman–Crippen MR) is 162 cm³/mol. The van der Waals surface area contributed by atoms with Crippen LogP contribution in [0, 0.1) is 6.92 Å². The van der Waals surface area contributed by atoms with Gasteiger partial charge in [0, 0.05) is 81.2 Å². The molecule has 4 heterocycles. The van der Waals surface area contributed by atoms with Crippen LogP contribution >= 0.6 is 11.6 Å². The molecule has 2 N–H and O–H groups in total. The number of aromatic nitrogens is 4. The molecule has 4 aromatic rings. The monoisotopic (exact) mass is 561 g/mol. The Labute approximate surface area is 239 Å². The topological polar surface area (TPSA) is 91.5 Å². The van der Waals surface area contributed by atoms with E-state index in [-0.39, 0.29) is 17.0 Å². The summed E-state index contributed by atoms with van der Waals surface area (Å²) in [5.41, 5.74) is 4.77. The minimum absolute atomic E-state index is 0.0498. The van der Waals surface area contributed by atoms with Crippen molar-refractivity contribution in [3.63, 3.8) is 0 Å². The molecule has 0 amide bonds. The second-order valence-corrected chi connectivity index (χ2v) is 11.6. The smallest absolute Gasteiger partial charge is 0.332 e. The highest BCUT2D eigenvalue weighted by atomic mass is 35.5. The van der Waals surface area contributed by atoms with E-state index in [1.807, 2.05) is 26.1 Å². The van der Waals surface area contributed by atoms with Crippen LogP contribution < -0.4 is 15.9 Å². The molecule has 0 spiro atoms. The largest absolute Gasteiger partial charge is 0.505 e. The molecule has 0 atom stereocenters. The van der Waals surface area contributed by atoms with Gasteiger partial charge in [0.25, 0.3) is 0 Å². The number of nitrogens with one attached hydrogen (secondary N) is 1. The lowest BCUT2D eigenvalue weighted by Gasteiger charge is -2.43. The number of hydrogen-bond donors (Lipinski definition) is 2. The molecule has 0 bridgehead atoms. The second kappa shape index (κ2) is 10.6. The number of imidazole rings is 1. The van der Waals surface area contributed by atoms with Crippen molar-refractivity contribution in [1.82, 2.24) is 24.0 Å². The van der Waals surface area contributed by atoms with Crippen molar-refractivity contribution in [2.75, 3.05) is 43.4 Å². The van der Waals surface area contributed by atoms with E-state index in [0.717, 1.165) is 54.5 Å². The van der Waals surface area contributed by atoms with Gasteiger partial charge in [-0.1, -0.05) is 17.7 Å². The van der Waals surface area contributed by atoms with Crippen LogP contribution in [-0.4, -0.2) is 67.9 Å². The Kier molecular flexibility index (Phi) is 7.37. The number of nitrogens with zero attached hydrogens (tertiary/aromatic N) is 6. The first-order chi connectivity index (χ1) is 19.0. The van der Waals surface area contributed by atoms with Crippen LogP contribution in [0.25, 0.3) is 28.1 Å². The second-order valence-electron chi connectivity index (χ2n) is 11.2. The van der Waals surface area contributed by atoms with Crippen LogP contribution in [0.4, 0.5) is 11.5 Å². The van der Waals surface area contributed by atoms with E-state index in [0.29, 0.717) is 22.0 Å². The third-order valence-electron chi connectivity index (χ3n) is 7.53. The van der Waals surface area contributed by atoms with E-state index < -0.39 is 0 Å². The first-order valence-electron chi connectivity index (χ1n) is 13.4. The molecule has 1 aliphatic heterocycles. The lowest BCUT2D eigenvalue weighted by molar-refractivity contribution is 0.128. The fraction of sp³-hybridized carbons (Fsp3) is 0.367. The van der Waals surface area contributed by atoms with Gasteiger partial charge in [-0.15, -0.1) is 0 Å². The predicted octanol–water partition coefficient (Wildman–Crippen LogP) is 4.93. The Morgan fingerprint density at radius 3 is 2.33 bits per heavy atom. The number of hydrogen-bond acceptors (Lipinski definition) is 7. The fourth-order valence-corrected chi connectivity index (χ4v) is 5.51. The zero-order valence-electron chi connectivity index (χ0n) is 23.9. The summed E-state index contributed by atoms with van der Waals surface area (Å²) in [4.78, 5) is 26.6. The number of benzene rings is 1. The summed E-state index contributed by atoms with van der Waals surface area (Å²) < 4.78 is 2.98. The molecule has 0 radical (unpaired) electrons. The van der Waals surface area contributed by atoms with Gasteiger partial charge >= 0.3 is 5.69 Å². The third-order valence-corrected chi connectivity index (χ3v) is 7.84. The van der Waals surface area contributed by atoms with Crippen LogP contribution in [0.5, 0.6) is 5.75 Å². The van der Waals surface area contributed by atoms with Gasteiger partial charge < -0.3 is 19.9 Å². The van der Waals surface area contributed by atoms with Crippen molar-refractivity contribution in [2.45, 2.75) is 33.2 Å². The van der Waals surface area contributed by atoms with E-state index in [9.17, 15) is 9.90 Å². The summed E-state index contributed by atoms with van der Waals surface area (Å²) in [5.74, 6) is 0.840. The molecule has 1 fully saturated rings. The SMILES string of the molecule is CNc1ncc(-c2nc(C)cc(-c3ccc(-n4ccn(C)c4=O)c(Cl)c3)c2O)cc1N1CCN(C(C)(C)C)CC1. The van der Waals surface area contributed by atoms with Crippen LogP contribution in [-0.2, 0) is 7.05 Å². The molecule has 0 unspecified atom stereocenters. The minimum atomic E-state index is -0.187. The highest BCUT2D eigenvalue weighted by Gasteiger charge is 2.27. The molecule has 40 heavy (non-hydrogen) atoms. The molecule has 9 nitrogen and oxygen atoms in total. The van der Waals surface area contributed by atoms with Gasteiger partial charge in [0.15, 0.2) is 0 Å². The maximum atomic E-state index is 12.4. The van der Waals surface area contributed by atoms with Crippen molar-refractivity contribution in [3.05, 3.63) is 70.1 Å². The van der Waals surface area contributed by atoms with Crippen molar-refractivity contribution in [1.29, 1.82) is 0 Å². The van der Waals surface area contributed by atoms with E-state index in [1.165, 1.54) is 9.13 Å². The molecule has 10 heteroatoms. The number of anilines is 2. The Morgan fingerprint density at radius 1 is 1.00 bits per heavy atom. The van der Waals surface area contributed by atoms with E-state index in [2.05, 4.69) is 46.9 Å². The van der Waals surface area contributed by atoms with Gasteiger partial charge in [-0.3, -0.25) is 9.47 Å². The summed E-state index contributed by atoms with van der Waals surface area (Å²) in [5, 5.41) is 15.1. The number of aryl methyl sites for hydroxylation is 2. The van der Waals surface area contributed by atoms with Crippen LogP contribution in [0.2, 0.25) is 5.02 Å². The normalized spacial score (nSPS) is 14.5. The van der Waals surface area contributed by atoms with Gasteiger partial charge in [0.05, 0.1) is 16.4 Å². The fourth-order valence-electron chi connectivity index (χ4n) is 5.24. The molecular formula is C30H36ClN7O2. The van der Waals surface area contributed by atoms with E-state index >= 15 is 0 Å². The van der Waals surface area contributed by atoms with Crippen LogP contribution in [0.1, 0.15) is 26.5 Å². The maximum Gasteiger partial charge on any atom is 0.332 e. The first-order valence-corrected chi connectivity index (χ1v) is 13.8. The molecule has 0 aliphatic carbocycles. The summed E-state index contributed by atoms with van der Waals surface area (Å²) >= 11 is 6.63. The zero-order valence-corrected chi connectivity index (χ0v) is 24.6. The Morgan fingerprint density at radius 2 is 1.73 bits per heavy atom. The summed E-state index contributed by atoms with van der Waals surface area (Å²) in [6.07, 6.45) is 5.10. The van der Waals surface area contributed by atoms with Gasteiger partial charge in [0.2, 0.25) is 0 Å². The van der Waals surface area contributed by atoms with Gasteiger partial charge in [-0.05, 0) is 57.5 Å². The summed E-state index contributed by atoms with van der Waals surface area (Å²) in [6.45, 7) is 12.3. The Hall–Kier alpha value is -3.82. The highest BCUT2D eigenvalue weighted by molar-refractivity contribution is 6.32. The first kappa shape index (κ1) is 27.7. The van der Waals surface area contributed by atoms with Gasteiger partial charge in [-0.25, -0.2) is 14.8 Å². The molecule has 210 valence electrons. The van der Waals surface area contributed by atoms with E-state index in [4.69, 9.17) is 16.6 Å². The average molecular weight is 562 g/mol. The van der Waals surface area contributed by atoms with Gasteiger partial charge in [-0.2, -0.15) is 0 Å². The number of halogens is 1. The maximum absolute atomic E-state index is 12.4. The van der Waals surface area contributed by atoms with Crippen molar-refractivity contribution in [2.24, 2.45) is 7.05 Å². The van der Waals surface area contributed by atoms with Gasteiger partial charge in [0.1, 0.15) is 17.3 Å². The molecule has 1 aliphatic rings. The standard InChI is InChI=1S/C30H36ClN7O2/c1-19-15-22(20-7-8-24(23(31)16-20)38-14-9-35(6)29(38)40)27(39)26(34-19)21-17-25(28(32-5)33-18-21)36-10-12-37(13-11-36)30(2,3)4/h7-9,14-18,39H,10-13H2,1-6H3,(H,32,33). The Bertz CT molecular complexity index is 1610. The van der Waals surface area contributed by atoms with Crippen molar-refractivity contribution in [3.8, 4) is 33.8 Å². The number of aromatic hydroxyl groups is 1. The minimum Gasteiger partial charge on any atom is -0.505 e. The molecular weight excluding hydrogens is 526 g/mol. The summed E-state index contributed by atoms with van der Waals surface area (Å²) in [7, 11) is 3.56. The molecule has 3 aromatic heterocycles. The zero-order chi connectivity index (χ0) is 28.8. The number of piperazine rings is 1. The average Bonchev–Trinajstić information content (AvgIpc) is 3.26. The molecule has 1 aromatic carbocycles. The quantitative estimate of drug-likeness (QED) is 0.357. The van der Waals surface area contributed by atoms with E-state index in [1.54, 1.807) is 37.8 Å². The van der Waals surface area contributed by atoms with Crippen molar-refractivity contribution >= 4 is 23.1 Å². The number of pyridine rings is 2. The Balaban J connectivity index is 1.51. The molecule has 0 saturated carbocycles. The summed E-state index contributed by atoms with van der Waals surface area (Å²) in [6, 6.07) is 9.28. The third kappa shape index (κ3) is 5.19. The molecule has 5 rings (SSSR count).